The Morgan fingerprint density at radius 1 is 0.390 bits per heavy atom. The van der Waals surface area contributed by atoms with Gasteiger partial charge < -0.3 is 4.57 Å². The maximum Gasteiger partial charge on any atom is 0.0541 e. The summed E-state index contributed by atoms with van der Waals surface area (Å²) in [7, 11) is 0. The third-order valence-electron chi connectivity index (χ3n) is 14.8. The Morgan fingerprint density at radius 2 is 0.793 bits per heavy atom. The Labute approximate surface area is 488 Å². The SMILES string of the molecule is C.C=C/C=C\C(=C)/C(C)=C/C=C\C.Cc1ccccc1.c1ccc(-c2cccc(-c3cccc(-c4cccc(-c5cccc(-c6ccc7sc8ccc(-n9c%10ccccc%10c%10cc(-c%11ccccc%11)ccc%109)cc8c7c6)c5)c4)c3)c2)cc1. The van der Waals surface area contributed by atoms with E-state index in [1.165, 1.54) is 126 Å². The van der Waals surface area contributed by atoms with Crippen LogP contribution in [0, 0.1) is 6.92 Å². The maximum absolute atomic E-state index is 3.91. The molecule has 1 nitrogen and oxygen atoms in total. The molecule has 0 saturated heterocycles. The van der Waals surface area contributed by atoms with Gasteiger partial charge in [-0.05, 0) is 171 Å². The number of nitrogens with zero attached hydrogens (tertiary/aromatic N) is 1. The van der Waals surface area contributed by atoms with Gasteiger partial charge in [-0.3, -0.25) is 0 Å². The fourth-order valence-corrected chi connectivity index (χ4v) is 11.6. The average molecular weight is 1070 g/mol. The van der Waals surface area contributed by atoms with E-state index in [1.807, 2.05) is 73.8 Å². The van der Waals surface area contributed by atoms with Crippen molar-refractivity contribution in [3.8, 4) is 72.4 Å². The molecule has 0 atom stereocenters. The molecule has 0 N–H and O–H groups in total. The Balaban J connectivity index is 0.000000323. The summed E-state index contributed by atoms with van der Waals surface area (Å²) in [6.07, 6.45) is 11.6. The van der Waals surface area contributed by atoms with Gasteiger partial charge in [0.15, 0.2) is 0 Å². The van der Waals surface area contributed by atoms with E-state index in [0.29, 0.717) is 0 Å². The highest BCUT2D eigenvalue weighted by atomic mass is 32.1. The van der Waals surface area contributed by atoms with Crippen molar-refractivity contribution in [2.75, 3.05) is 0 Å². The standard InChI is InChI=1S/C60H39NS.C12H16.C7H8.CH4/c1-3-13-40(14-4-1)42-17-9-18-43(33-42)44-19-10-20-45(34-44)46-21-11-22-47(35-46)48-23-12-24-49(36-48)51-28-31-59-55(38-51)56-39-52(29-32-60(56)62-59)61-57-26-8-7-25-53(57)54-37-50(27-30-58(54)61)41-15-5-2-6-16-41;1-5-7-9-11(3)12(4)10-8-6-2;1-7-5-3-2-4-6-7;/h1-39H;5-10H,1,3H2,2,4H3;2-6H,1H3;1H4/b;8-6-,9-7-,12-10+;;. The van der Waals surface area contributed by atoms with E-state index in [1.54, 1.807) is 6.08 Å². The molecule has 0 bridgehead atoms. The van der Waals surface area contributed by atoms with Crippen LogP contribution in [0.1, 0.15) is 26.8 Å². The molecular formula is C80H67NS. The number of allylic oxidation sites excluding steroid dienone is 8. The van der Waals surface area contributed by atoms with Crippen LogP contribution < -0.4 is 0 Å². The second kappa shape index (κ2) is 25.9. The first-order valence-corrected chi connectivity index (χ1v) is 28.5. The molecule has 13 aromatic rings. The van der Waals surface area contributed by atoms with E-state index >= 15 is 0 Å². The van der Waals surface area contributed by atoms with E-state index in [0.717, 1.165) is 5.57 Å². The van der Waals surface area contributed by atoms with Gasteiger partial charge in [0.1, 0.15) is 0 Å². The van der Waals surface area contributed by atoms with E-state index < -0.39 is 0 Å². The number of para-hydroxylation sites is 1. The first kappa shape index (κ1) is 55.5. The molecule has 398 valence electrons. The van der Waals surface area contributed by atoms with Gasteiger partial charge in [-0.25, -0.2) is 0 Å². The molecule has 0 radical (unpaired) electrons. The van der Waals surface area contributed by atoms with E-state index in [9.17, 15) is 0 Å². The van der Waals surface area contributed by atoms with Gasteiger partial charge in [-0.1, -0.05) is 257 Å². The minimum atomic E-state index is 0. The molecule has 0 fully saturated rings. The first-order chi connectivity index (χ1) is 39.8. The van der Waals surface area contributed by atoms with Gasteiger partial charge in [-0.2, -0.15) is 0 Å². The van der Waals surface area contributed by atoms with Crippen molar-refractivity contribution < 1.29 is 0 Å². The fraction of sp³-hybridized carbons (Fsp3) is 0.0500. The first-order valence-electron chi connectivity index (χ1n) is 27.6. The number of aromatic nitrogens is 1. The van der Waals surface area contributed by atoms with Crippen molar-refractivity contribution in [3.63, 3.8) is 0 Å². The average Bonchev–Trinajstić information content (AvgIpc) is 4.18. The van der Waals surface area contributed by atoms with Gasteiger partial charge >= 0.3 is 0 Å². The Bertz CT molecular complexity index is 4450. The van der Waals surface area contributed by atoms with Crippen molar-refractivity contribution >= 4 is 53.3 Å². The van der Waals surface area contributed by atoms with Crippen LogP contribution in [0.2, 0.25) is 0 Å². The number of aryl methyl sites for hydroxylation is 1. The topological polar surface area (TPSA) is 4.93 Å². The quantitative estimate of drug-likeness (QED) is 0.114. The highest BCUT2D eigenvalue weighted by Crippen LogP contribution is 2.41. The van der Waals surface area contributed by atoms with Crippen molar-refractivity contribution in [2.45, 2.75) is 28.2 Å². The molecule has 11 aromatic carbocycles. The smallest absolute Gasteiger partial charge is 0.0541 e. The number of fused-ring (bicyclic) bond motifs is 6. The van der Waals surface area contributed by atoms with Crippen molar-refractivity contribution in [1.82, 2.24) is 4.57 Å². The van der Waals surface area contributed by atoms with Gasteiger partial charge in [0.05, 0.1) is 11.0 Å². The summed E-state index contributed by atoms with van der Waals surface area (Å²) in [5.41, 5.74) is 21.7. The van der Waals surface area contributed by atoms with Crippen molar-refractivity contribution in [3.05, 3.63) is 333 Å². The largest absolute Gasteiger partial charge is 0.309 e. The lowest BCUT2D eigenvalue weighted by Gasteiger charge is -2.11. The third-order valence-corrected chi connectivity index (χ3v) is 16.0. The van der Waals surface area contributed by atoms with Gasteiger partial charge in [0.25, 0.3) is 0 Å². The normalized spacial score (nSPS) is 11.3. The second-order valence-electron chi connectivity index (χ2n) is 20.3. The summed E-state index contributed by atoms with van der Waals surface area (Å²) in [6.45, 7) is 13.6. The molecule has 0 aliphatic carbocycles. The zero-order valence-electron chi connectivity index (χ0n) is 46.1. The second-order valence-corrected chi connectivity index (χ2v) is 21.4. The molecule has 0 amide bonds. The summed E-state index contributed by atoms with van der Waals surface area (Å²) in [6, 6.07) is 96.9. The van der Waals surface area contributed by atoms with Crippen LogP contribution in [0.4, 0.5) is 0 Å². The molecule has 13 rings (SSSR count). The zero-order chi connectivity index (χ0) is 55.5. The number of hydrogen-bond donors (Lipinski definition) is 0. The predicted molar refractivity (Wildman–Crippen MR) is 361 cm³/mol. The van der Waals surface area contributed by atoms with E-state index in [2.05, 4.69) is 273 Å². The van der Waals surface area contributed by atoms with E-state index in [4.69, 9.17) is 0 Å². The molecule has 0 spiro atoms. The highest BCUT2D eigenvalue weighted by Gasteiger charge is 2.16. The lowest BCUT2D eigenvalue weighted by Crippen LogP contribution is -1.93. The summed E-state index contributed by atoms with van der Waals surface area (Å²) >= 11 is 1.87. The van der Waals surface area contributed by atoms with Crippen LogP contribution in [0.5, 0.6) is 0 Å². The lowest BCUT2D eigenvalue weighted by molar-refractivity contribution is 1.19. The number of benzene rings is 11. The number of thiophene rings is 1. The molecule has 2 heteroatoms. The summed E-state index contributed by atoms with van der Waals surface area (Å²) in [5.74, 6) is 0. The van der Waals surface area contributed by atoms with E-state index in [-0.39, 0.29) is 7.43 Å². The number of hydrogen-bond acceptors (Lipinski definition) is 1. The van der Waals surface area contributed by atoms with Gasteiger partial charge in [0.2, 0.25) is 0 Å². The highest BCUT2D eigenvalue weighted by molar-refractivity contribution is 7.25. The minimum Gasteiger partial charge on any atom is -0.309 e. The molecule has 2 heterocycles. The van der Waals surface area contributed by atoms with Crippen LogP contribution in [-0.4, -0.2) is 4.57 Å². The Kier molecular flexibility index (Phi) is 17.5. The summed E-state index contributed by atoms with van der Waals surface area (Å²) < 4.78 is 5.03. The Morgan fingerprint density at radius 3 is 1.29 bits per heavy atom. The van der Waals surface area contributed by atoms with Gasteiger partial charge in [-0.15, -0.1) is 11.3 Å². The molecule has 82 heavy (non-hydrogen) atoms. The molecule has 0 aliphatic heterocycles. The Hall–Kier alpha value is -9.86. The monoisotopic (exact) mass is 1070 g/mol. The van der Waals surface area contributed by atoms with Crippen LogP contribution in [0.3, 0.4) is 0 Å². The summed E-state index contributed by atoms with van der Waals surface area (Å²) in [5, 5.41) is 5.11. The molecule has 0 saturated carbocycles. The van der Waals surface area contributed by atoms with Crippen molar-refractivity contribution in [1.29, 1.82) is 0 Å². The third kappa shape index (κ3) is 12.4. The summed E-state index contributed by atoms with van der Waals surface area (Å²) in [4.78, 5) is 0. The minimum absolute atomic E-state index is 0. The van der Waals surface area contributed by atoms with Crippen LogP contribution >= 0.6 is 11.3 Å². The molecule has 0 aliphatic rings. The van der Waals surface area contributed by atoms with Crippen LogP contribution in [0.25, 0.3) is 114 Å². The molecule has 2 aromatic heterocycles. The lowest BCUT2D eigenvalue weighted by atomic mass is 9.94. The van der Waals surface area contributed by atoms with Gasteiger partial charge in [0, 0.05) is 36.6 Å². The van der Waals surface area contributed by atoms with Crippen LogP contribution in [0.15, 0.2) is 328 Å². The van der Waals surface area contributed by atoms with Crippen molar-refractivity contribution in [2.24, 2.45) is 0 Å². The predicted octanol–water partition coefficient (Wildman–Crippen LogP) is 23.6. The zero-order valence-corrected chi connectivity index (χ0v) is 47.0. The van der Waals surface area contributed by atoms with Crippen LogP contribution in [-0.2, 0) is 0 Å². The molecule has 0 unspecified atom stereocenters. The maximum atomic E-state index is 3.91. The fourth-order valence-electron chi connectivity index (χ4n) is 10.5. The number of rotatable bonds is 11. The molecular weight excluding hydrogens is 1010 g/mol.